The van der Waals surface area contributed by atoms with Gasteiger partial charge in [0.1, 0.15) is 0 Å². The Kier molecular flexibility index (Phi) is 5.50. The van der Waals surface area contributed by atoms with Crippen LogP contribution in [0.2, 0.25) is 0 Å². The average molecular weight is 345 g/mol. The smallest absolute Gasteiger partial charge is 0.226 e. The van der Waals surface area contributed by atoms with Crippen molar-refractivity contribution in [1.82, 2.24) is 24.8 Å². The van der Waals surface area contributed by atoms with Gasteiger partial charge in [-0.3, -0.25) is 9.48 Å². The van der Waals surface area contributed by atoms with Gasteiger partial charge in [-0.25, -0.2) is 0 Å². The number of piperidine rings is 1. The maximum absolute atomic E-state index is 12.7. The fourth-order valence-corrected chi connectivity index (χ4v) is 3.55. The Hall–Kier alpha value is -2.18. The van der Waals surface area contributed by atoms with Crippen molar-refractivity contribution in [3.63, 3.8) is 0 Å². The Bertz CT molecular complexity index is 721. The fourth-order valence-electron chi connectivity index (χ4n) is 3.55. The number of carbonyl (C=O) groups is 1. The lowest BCUT2D eigenvalue weighted by Gasteiger charge is -2.36. The van der Waals surface area contributed by atoms with E-state index in [0.29, 0.717) is 24.6 Å². The standard InChI is InChI=1S/C18H27N5O2/c1-13-11-14(2)23(20-13)12-16-7-4-5-10-22(16)18(24)9-6-8-17-19-15(3)21-25-17/h11,16H,4-10,12H2,1-3H3/t16-/m0/s1. The predicted octanol–water partition coefficient (Wildman–Crippen LogP) is 2.60. The molecular formula is C18H27N5O2. The minimum absolute atomic E-state index is 0.225. The fraction of sp³-hybridized carbons (Fsp3) is 0.667. The molecule has 0 saturated carbocycles. The first-order chi connectivity index (χ1) is 12.0. The Balaban J connectivity index is 1.56. The Labute approximate surface area is 148 Å². The van der Waals surface area contributed by atoms with E-state index in [2.05, 4.69) is 33.1 Å². The van der Waals surface area contributed by atoms with Crippen LogP contribution in [0.3, 0.4) is 0 Å². The maximum atomic E-state index is 12.7. The first kappa shape index (κ1) is 17.6. The van der Waals surface area contributed by atoms with Gasteiger partial charge in [0.15, 0.2) is 5.82 Å². The van der Waals surface area contributed by atoms with Gasteiger partial charge in [0.2, 0.25) is 11.8 Å². The van der Waals surface area contributed by atoms with Crippen molar-refractivity contribution in [2.24, 2.45) is 0 Å². The number of aromatic nitrogens is 4. The number of amides is 1. The van der Waals surface area contributed by atoms with Crippen LogP contribution in [0.25, 0.3) is 0 Å². The van der Waals surface area contributed by atoms with E-state index >= 15 is 0 Å². The highest BCUT2D eigenvalue weighted by atomic mass is 16.5. The summed E-state index contributed by atoms with van der Waals surface area (Å²) in [4.78, 5) is 19.0. The molecule has 0 unspecified atom stereocenters. The molecule has 3 rings (SSSR count). The normalized spacial score (nSPS) is 17.9. The minimum Gasteiger partial charge on any atom is -0.339 e. The van der Waals surface area contributed by atoms with Crippen LogP contribution in [0.1, 0.15) is 55.2 Å². The molecule has 1 aliphatic rings. The van der Waals surface area contributed by atoms with E-state index in [1.807, 2.05) is 11.6 Å². The van der Waals surface area contributed by atoms with E-state index in [0.717, 1.165) is 43.7 Å². The molecule has 0 spiro atoms. The van der Waals surface area contributed by atoms with Crippen LogP contribution in [0.15, 0.2) is 10.6 Å². The summed E-state index contributed by atoms with van der Waals surface area (Å²) < 4.78 is 7.14. The lowest BCUT2D eigenvalue weighted by atomic mass is 10.0. The molecule has 0 radical (unpaired) electrons. The molecule has 0 N–H and O–H groups in total. The lowest BCUT2D eigenvalue weighted by Crippen LogP contribution is -2.46. The Morgan fingerprint density at radius 1 is 1.32 bits per heavy atom. The van der Waals surface area contributed by atoms with Crippen LogP contribution < -0.4 is 0 Å². The molecule has 0 aromatic carbocycles. The number of hydrogen-bond donors (Lipinski definition) is 0. The molecule has 1 fully saturated rings. The van der Waals surface area contributed by atoms with Crippen molar-refractivity contribution >= 4 is 5.91 Å². The molecule has 2 aromatic rings. The Morgan fingerprint density at radius 3 is 2.84 bits per heavy atom. The second-order valence-electron chi connectivity index (χ2n) is 6.93. The molecule has 3 heterocycles. The summed E-state index contributed by atoms with van der Waals surface area (Å²) in [5.74, 6) is 1.48. The quantitative estimate of drug-likeness (QED) is 0.804. The number of aryl methyl sites for hydroxylation is 4. The van der Waals surface area contributed by atoms with Crippen molar-refractivity contribution in [2.45, 2.75) is 71.9 Å². The molecule has 1 aliphatic heterocycles. The van der Waals surface area contributed by atoms with Crippen molar-refractivity contribution < 1.29 is 9.32 Å². The average Bonchev–Trinajstić information content (AvgIpc) is 3.13. The molecule has 25 heavy (non-hydrogen) atoms. The highest BCUT2D eigenvalue weighted by Gasteiger charge is 2.27. The SMILES string of the molecule is Cc1cc(C)n(C[C@@H]2CCCCN2C(=O)CCCc2nc(C)no2)n1. The Morgan fingerprint density at radius 2 is 2.16 bits per heavy atom. The van der Waals surface area contributed by atoms with Crippen LogP contribution in [-0.4, -0.2) is 43.3 Å². The van der Waals surface area contributed by atoms with Crippen molar-refractivity contribution in [3.05, 3.63) is 29.2 Å². The second-order valence-corrected chi connectivity index (χ2v) is 6.93. The lowest BCUT2D eigenvalue weighted by molar-refractivity contribution is -0.135. The van der Waals surface area contributed by atoms with Gasteiger partial charge in [-0.05, 0) is 52.5 Å². The third kappa shape index (κ3) is 4.46. The molecule has 1 saturated heterocycles. The minimum atomic E-state index is 0.225. The summed E-state index contributed by atoms with van der Waals surface area (Å²) in [7, 11) is 0. The van der Waals surface area contributed by atoms with Crippen molar-refractivity contribution in [3.8, 4) is 0 Å². The second kappa shape index (κ2) is 7.80. The van der Waals surface area contributed by atoms with E-state index in [4.69, 9.17) is 4.52 Å². The molecule has 1 atom stereocenters. The molecular weight excluding hydrogens is 318 g/mol. The molecule has 2 aromatic heterocycles. The van der Waals surface area contributed by atoms with Crippen LogP contribution >= 0.6 is 0 Å². The van der Waals surface area contributed by atoms with Gasteiger partial charge in [-0.1, -0.05) is 5.16 Å². The van der Waals surface area contributed by atoms with Gasteiger partial charge < -0.3 is 9.42 Å². The predicted molar refractivity (Wildman–Crippen MR) is 93.0 cm³/mol. The van der Waals surface area contributed by atoms with E-state index in [9.17, 15) is 4.79 Å². The maximum Gasteiger partial charge on any atom is 0.226 e. The number of likely N-dealkylation sites (tertiary alicyclic amines) is 1. The number of hydrogen-bond acceptors (Lipinski definition) is 5. The molecule has 0 bridgehead atoms. The number of carbonyl (C=O) groups excluding carboxylic acids is 1. The molecule has 7 heteroatoms. The monoisotopic (exact) mass is 345 g/mol. The highest BCUT2D eigenvalue weighted by molar-refractivity contribution is 5.76. The third-order valence-corrected chi connectivity index (χ3v) is 4.79. The third-order valence-electron chi connectivity index (χ3n) is 4.79. The van der Waals surface area contributed by atoms with Gasteiger partial charge in [-0.15, -0.1) is 0 Å². The zero-order valence-corrected chi connectivity index (χ0v) is 15.4. The first-order valence-electron chi connectivity index (χ1n) is 9.12. The first-order valence-corrected chi connectivity index (χ1v) is 9.12. The summed E-state index contributed by atoms with van der Waals surface area (Å²) in [5.41, 5.74) is 2.18. The van der Waals surface area contributed by atoms with Crippen molar-refractivity contribution in [1.29, 1.82) is 0 Å². The zero-order chi connectivity index (χ0) is 17.8. The largest absolute Gasteiger partial charge is 0.339 e. The van der Waals surface area contributed by atoms with Crippen LogP contribution in [0, 0.1) is 20.8 Å². The van der Waals surface area contributed by atoms with E-state index in [1.165, 1.54) is 6.42 Å². The van der Waals surface area contributed by atoms with Gasteiger partial charge in [0.05, 0.1) is 18.3 Å². The van der Waals surface area contributed by atoms with E-state index in [1.54, 1.807) is 6.92 Å². The molecule has 0 aliphatic carbocycles. The molecule has 7 nitrogen and oxygen atoms in total. The summed E-state index contributed by atoms with van der Waals surface area (Å²) in [6.07, 6.45) is 5.23. The van der Waals surface area contributed by atoms with E-state index in [-0.39, 0.29) is 11.9 Å². The topological polar surface area (TPSA) is 77.0 Å². The van der Waals surface area contributed by atoms with Crippen LogP contribution in [-0.2, 0) is 17.8 Å². The molecule has 136 valence electrons. The van der Waals surface area contributed by atoms with Gasteiger partial charge >= 0.3 is 0 Å². The number of nitrogens with zero attached hydrogens (tertiary/aromatic N) is 5. The van der Waals surface area contributed by atoms with Crippen LogP contribution in [0.5, 0.6) is 0 Å². The van der Waals surface area contributed by atoms with Gasteiger partial charge in [0, 0.05) is 25.1 Å². The summed E-state index contributed by atoms with van der Waals surface area (Å²) in [6, 6.07) is 2.33. The number of rotatable bonds is 6. The highest BCUT2D eigenvalue weighted by Crippen LogP contribution is 2.21. The molecule has 1 amide bonds. The summed E-state index contributed by atoms with van der Waals surface area (Å²) in [6.45, 7) is 7.51. The van der Waals surface area contributed by atoms with Crippen LogP contribution in [0.4, 0.5) is 0 Å². The van der Waals surface area contributed by atoms with Gasteiger partial charge in [-0.2, -0.15) is 10.1 Å². The van der Waals surface area contributed by atoms with Gasteiger partial charge in [0.25, 0.3) is 0 Å². The summed E-state index contributed by atoms with van der Waals surface area (Å²) in [5, 5.41) is 8.34. The van der Waals surface area contributed by atoms with Crippen molar-refractivity contribution in [2.75, 3.05) is 6.54 Å². The van der Waals surface area contributed by atoms with E-state index < -0.39 is 0 Å². The zero-order valence-electron chi connectivity index (χ0n) is 15.4. The summed E-state index contributed by atoms with van der Waals surface area (Å²) >= 11 is 0.